The van der Waals surface area contributed by atoms with E-state index in [2.05, 4.69) is 15.9 Å². The van der Waals surface area contributed by atoms with Gasteiger partial charge in [-0.05, 0) is 28.9 Å². The maximum Gasteiger partial charge on any atom is 0.169 e. The van der Waals surface area contributed by atoms with Crippen LogP contribution in [0.1, 0.15) is 6.92 Å². The largest absolute Gasteiger partial charge is 0.482 e. The first kappa shape index (κ1) is 11.1. The third kappa shape index (κ3) is 2.77. The van der Waals surface area contributed by atoms with Crippen LogP contribution < -0.4 is 4.74 Å². The summed E-state index contributed by atoms with van der Waals surface area (Å²) in [5.74, 6) is -1.93. The zero-order chi connectivity index (χ0) is 10.7. The smallest absolute Gasteiger partial charge is 0.169 e. The van der Waals surface area contributed by atoms with E-state index < -0.39 is 11.6 Å². The molecule has 0 spiro atoms. The number of rotatable bonds is 3. The van der Waals surface area contributed by atoms with Gasteiger partial charge < -0.3 is 4.74 Å². The molecule has 1 rings (SSSR count). The minimum atomic E-state index is -0.835. The van der Waals surface area contributed by atoms with Crippen molar-refractivity contribution < 1.29 is 18.3 Å². The highest BCUT2D eigenvalue weighted by molar-refractivity contribution is 9.10. The quantitative estimate of drug-likeness (QED) is 0.839. The number of benzene rings is 1. The van der Waals surface area contributed by atoms with Gasteiger partial charge >= 0.3 is 0 Å². The molecule has 2 nitrogen and oxygen atoms in total. The topological polar surface area (TPSA) is 26.3 Å². The molecule has 0 N–H and O–H groups in total. The fraction of sp³-hybridized carbons (Fsp3) is 0.222. The minimum absolute atomic E-state index is 0.149. The number of hydrogen-bond donors (Lipinski definition) is 0. The van der Waals surface area contributed by atoms with E-state index in [1.807, 2.05) is 0 Å². The van der Waals surface area contributed by atoms with Gasteiger partial charge in [0.2, 0.25) is 0 Å². The molecular weight excluding hydrogens is 258 g/mol. The molecule has 0 radical (unpaired) electrons. The summed E-state index contributed by atoms with van der Waals surface area (Å²) in [6, 6.07) is 1.76. The molecular formula is C9H7BrF2O2. The summed E-state index contributed by atoms with van der Waals surface area (Å²) in [5.41, 5.74) is 0. The van der Waals surface area contributed by atoms with E-state index in [-0.39, 0.29) is 22.6 Å². The summed E-state index contributed by atoms with van der Waals surface area (Å²) < 4.78 is 30.7. The highest BCUT2D eigenvalue weighted by Gasteiger charge is 2.11. The van der Waals surface area contributed by atoms with Gasteiger partial charge in [0, 0.05) is 6.07 Å². The first-order chi connectivity index (χ1) is 6.50. The van der Waals surface area contributed by atoms with Crippen LogP contribution in [0.25, 0.3) is 0 Å². The number of carbonyl (C=O) groups is 1. The number of ketones is 1. The van der Waals surface area contributed by atoms with E-state index in [4.69, 9.17) is 4.74 Å². The lowest BCUT2D eigenvalue weighted by Gasteiger charge is -2.07. The SMILES string of the molecule is CC(=O)COc1c(F)cc(F)cc1Br. The van der Waals surface area contributed by atoms with Crippen LogP contribution in [0.5, 0.6) is 5.75 Å². The number of Topliss-reactive ketones (excluding diaryl/α,β-unsaturated/α-hetero) is 1. The summed E-state index contributed by atoms with van der Waals surface area (Å²) in [4.78, 5) is 10.6. The van der Waals surface area contributed by atoms with Gasteiger partial charge in [-0.25, -0.2) is 8.78 Å². The lowest BCUT2D eigenvalue weighted by Crippen LogP contribution is -2.08. The van der Waals surface area contributed by atoms with E-state index in [9.17, 15) is 13.6 Å². The molecule has 0 heterocycles. The van der Waals surface area contributed by atoms with Gasteiger partial charge in [-0.15, -0.1) is 0 Å². The zero-order valence-corrected chi connectivity index (χ0v) is 8.90. The van der Waals surface area contributed by atoms with Crippen LogP contribution in [0.3, 0.4) is 0 Å². The highest BCUT2D eigenvalue weighted by atomic mass is 79.9. The van der Waals surface area contributed by atoms with Crippen molar-refractivity contribution in [1.82, 2.24) is 0 Å². The van der Waals surface area contributed by atoms with Crippen molar-refractivity contribution in [2.75, 3.05) is 6.61 Å². The van der Waals surface area contributed by atoms with Crippen LogP contribution in [-0.4, -0.2) is 12.4 Å². The molecule has 0 bridgehead atoms. The Labute approximate surface area is 88.0 Å². The van der Waals surface area contributed by atoms with Crippen LogP contribution in [0.4, 0.5) is 8.78 Å². The molecule has 1 aromatic carbocycles. The lowest BCUT2D eigenvalue weighted by atomic mass is 10.3. The highest BCUT2D eigenvalue weighted by Crippen LogP contribution is 2.29. The molecule has 14 heavy (non-hydrogen) atoms. The summed E-state index contributed by atoms with van der Waals surface area (Å²) in [7, 11) is 0. The van der Waals surface area contributed by atoms with Crippen molar-refractivity contribution in [2.45, 2.75) is 6.92 Å². The number of ether oxygens (including phenoxy) is 1. The zero-order valence-electron chi connectivity index (χ0n) is 7.31. The Kier molecular flexibility index (Phi) is 3.57. The number of halogens is 3. The van der Waals surface area contributed by atoms with E-state index in [1.54, 1.807) is 0 Å². The van der Waals surface area contributed by atoms with Crippen LogP contribution >= 0.6 is 15.9 Å². The number of carbonyl (C=O) groups excluding carboxylic acids is 1. The van der Waals surface area contributed by atoms with Gasteiger partial charge in [0.1, 0.15) is 12.4 Å². The fourth-order valence-corrected chi connectivity index (χ4v) is 1.36. The Balaban J connectivity index is 2.91. The molecule has 76 valence electrons. The van der Waals surface area contributed by atoms with E-state index >= 15 is 0 Å². The van der Waals surface area contributed by atoms with Gasteiger partial charge in [0.15, 0.2) is 17.3 Å². The number of hydrogen-bond acceptors (Lipinski definition) is 2. The van der Waals surface area contributed by atoms with E-state index in [0.717, 1.165) is 6.07 Å². The molecule has 0 aliphatic heterocycles. The van der Waals surface area contributed by atoms with E-state index in [1.165, 1.54) is 6.92 Å². The maximum absolute atomic E-state index is 13.1. The fourth-order valence-electron chi connectivity index (χ4n) is 0.841. The average molecular weight is 265 g/mol. The van der Waals surface area contributed by atoms with Crippen molar-refractivity contribution in [3.63, 3.8) is 0 Å². The molecule has 0 aliphatic carbocycles. The van der Waals surface area contributed by atoms with Crippen molar-refractivity contribution in [3.05, 3.63) is 28.2 Å². The monoisotopic (exact) mass is 264 g/mol. The molecule has 0 aliphatic rings. The van der Waals surface area contributed by atoms with Crippen molar-refractivity contribution in [1.29, 1.82) is 0 Å². The summed E-state index contributed by atoms with van der Waals surface area (Å²) in [6.45, 7) is 1.08. The Hall–Kier alpha value is -0.970. The van der Waals surface area contributed by atoms with Crippen LogP contribution in [-0.2, 0) is 4.79 Å². The summed E-state index contributed by atoms with van der Waals surface area (Å²) in [6.07, 6.45) is 0. The first-order valence-electron chi connectivity index (χ1n) is 3.77. The molecule has 1 aromatic rings. The average Bonchev–Trinajstić information content (AvgIpc) is 2.01. The van der Waals surface area contributed by atoms with Crippen LogP contribution in [0.15, 0.2) is 16.6 Å². The standard InChI is InChI=1S/C9H7BrF2O2/c1-5(13)4-14-9-7(10)2-6(11)3-8(9)12/h2-3H,4H2,1H3. The second-order valence-corrected chi connectivity index (χ2v) is 3.54. The normalized spacial score (nSPS) is 10.0. The van der Waals surface area contributed by atoms with E-state index in [0.29, 0.717) is 6.07 Å². The molecule has 0 amide bonds. The van der Waals surface area contributed by atoms with Crippen molar-refractivity contribution >= 4 is 21.7 Å². The van der Waals surface area contributed by atoms with Crippen molar-refractivity contribution in [2.24, 2.45) is 0 Å². The van der Waals surface area contributed by atoms with Gasteiger partial charge in [-0.2, -0.15) is 0 Å². The molecule has 0 fully saturated rings. The predicted molar refractivity (Wildman–Crippen MR) is 50.2 cm³/mol. The summed E-state index contributed by atoms with van der Waals surface area (Å²) in [5, 5.41) is 0. The third-order valence-electron chi connectivity index (χ3n) is 1.38. The molecule has 0 unspecified atom stereocenters. The van der Waals surface area contributed by atoms with Crippen molar-refractivity contribution in [3.8, 4) is 5.75 Å². The second-order valence-electron chi connectivity index (χ2n) is 2.69. The Bertz CT molecular complexity index is 343. The second kappa shape index (κ2) is 4.50. The predicted octanol–water partition coefficient (Wildman–Crippen LogP) is 2.70. The molecule has 0 atom stereocenters. The molecule has 0 saturated carbocycles. The molecule has 0 aromatic heterocycles. The van der Waals surface area contributed by atoms with Gasteiger partial charge in [0.25, 0.3) is 0 Å². The van der Waals surface area contributed by atoms with Crippen LogP contribution in [0.2, 0.25) is 0 Å². The van der Waals surface area contributed by atoms with Crippen LogP contribution in [0, 0.1) is 11.6 Å². The lowest BCUT2D eigenvalue weighted by molar-refractivity contribution is -0.118. The van der Waals surface area contributed by atoms with Gasteiger partial charge in [-0.3, -0.25) is 4.79 Å². The first-order valence-corrected chi connectivity index (χ1v) is 4.57. The summed E-state index contributed by atoms with van der Waals surface area (Å²) >= 11 is 2.93. The Morgan fingerprint density at radius 1 is 1.50 bits per heavy atom. The Morgan fingerprint density at radius 2 is 2.14 bits per heavy atom. The Morgan fingerprint density at radius 3 is 2.64 bits per heavy atom. The van der Waals surface area contributed by atoms with Gasteiger partial charge in [-0.1, -0.05) is 0 Å². The third-order valence-corrected chi connectivity index (χ3v) is 1.97. The minimum Gasteiger partial charge on any atom is -0.482 e. The molecule has 0 saturated heterocycles. The maximum atomic E-state index is 13.1. The van der Waals surface area contributed by atoms with Gasteiger partial charge in [0.05, 0.1) is 4.47 Å². The molecule has 5 heteroatoms.